The van der Waals surface area contributed by atoms with Gasteiger partial charge in [-0.25, -0.2) is 0 Å². The van der Waals surface area contributed by atoms with Gasteiger partial charge < -0.3 is 14.4 Å². The molecule has 0 saturated carbocycles. The Bertz CT molecular complexity index is 334. The summed E-state index contributed by atoms with van der Waals surface area (Å²) in [5.74, 6) is 0.102. The van der Waals surface area contributed by atoms with Crippen LogP contribution in [0, 0.1) is 5.92 Å². The normalized spacial score (nSPS) is 24.4. The van der Waals surface area contributed by atoms with Gasteiger partial charge in [-0.2, -0.15) is 0 Å². The van der Waals surface area contributed by atoms with E-state index in [4.69, 9.17) is 4.74 Å². The van der Waals surface area contributed by atoms with Gasteiger partial charge in [-0.1, -0.05) is 0 Å². The highest BCUT2D eigenvalue weighted by molar-refractivity contribution is 5.79. The van der Waals surface area contributed by atoms with Crippen LogP contribution in [-0.4, -0.2) is 74.7 Å². The quantitative estimate of drug-likeness (QED) is 0.686. The zero-order valence-corrected chi connectivity index (χ0v) is 12.2. The summed E-state index contributed by atoms with van der Waals surface area (Å²) < 4.78 is 10.0. The highest BCUT2D eigenvalue weighted by atomic mass is 16.5. The maximum absolute atomic E-state index is 12.3. The van der Waals surface area contributed by atoms with E-state index in [1.54, 1.807) is 0 Å². The van der Waals surface area contributed by atoms with E-state index in [1.807, 2.05) is 4.90 Å². The molecule has 0 aliphatic carbocycles. The molecule has 1 amide bonds. The Morgan fingerprint density at radius 2 is 2.00 bits per heavy atom. The second kappa shape index (κ2) is 7.59. The Balaban J connectivity index is 1.70. The average molecular weight is 284 g/mol. The molecule has 0 aromatic rings. The fourth-order valence-corrected chi connectivity index (χ4v) is 2.74. The van der Waals surface area contributed by atoms with Crippen LogP contribution in [0.25, 0.3) is 0 Å². The molecule has 0 aromatic carbocycles. The van der Waals surface area contributed by atoms with Crippen LogP contribution >= 0.6 is 0 Å². The molecule has 2 rings (SSSR count). The maximum atomic E-state index is 12.3. The minimum atomic E-state index is -0.178. The van der Waals surface area contributed by atoms with Gasteiger partial charge in [0.25, 0.3) is 0 Å². The van der Waals surface area contributed by atoms with Crippen molar-refractivity contribution in [2.24, 2.45) is 5.92 Å². The Labute approximate surface area is 120 Å². The molecular formula is C14H24N2O4. The van der Waals surface area contributed by atoms with Gasteiger partial charge >= 0.3 is 5.97 Å². The smallest absolute Gasteiger partial charge is 0.306 e. The predicted octanol–water partition coefficient (Wildman–Crippen LogP) is 0.120. The zero-order chi connectivity index (χ0) is 14.4. The van der Waals surface area contributed by atoms with E-state index < -0.39 is 0 Å². The topological polar surface area (TPSA) is 59.1 Å². The number of hydrogen-bond acceptors (Lipinski definition) is 5. The van der Waals surface area contributed by atoms with Crippen molar-refractivity contribution in [1.82, 2.24) is 9.80 Å². The van der Waals surface area contributed by atoms with Crippen LogP contribution in [0.1, 0.15) is 19.3 Å². The Hall–Kier alpha value is -1.14. The molecule has 2 fully saturated rings. The highest BCUT2D eigenvalue weighted by Gasteiger charge is 2.28. The molecule has 2 aliphatic rings. The molecule has 0 bridgehead atoms. The number of ether oxygens (including phenoxy) is 2. The van der Waals surface area contributed by atoms with Gasteiger partial charge in [0.1, 0.15) is 0 Å². The number of carbonyl (C=O) groups is 2. The second-order valence-electron chi connectivity index (χ2n) is 5.41. The predicted molar refractivity (Wildman–Crippen MR) is 73.2 cm³/mol. The van der Waals surface area contributed by atoms with Crippen molar-refractivity contribution in [3.63, 3.8) is 0 Å². The summed E-state index contributed by atoms with van der Waals surface area (Å²) >= 11 is 0. The van der Waals surface area contributed by atoms with E-state index in [-0.39, 0.29) is 17.8 Å². The fraction of sp³-hybridized carbons (Fsp3) is 0.857. The molecule has 114 valence electrons. The van der Waals surface area contributed by atoms with E-state index in [0.717, 1.165) is 45.6 Å². The Morgan fingerprint density at radius 1 is 1.25 bits per heavy atom. The van der Waals surface area contributed by atoms with E-state index >= 15 is 0 Å². The summed E-state index contributed by atoms with van der Waals surface area (Å²) in [6.45, 7) is 5.22. The molecule has 2 heterocycles. The molecule has 6 heteroatoms. The number of carbonyl (C=O) groups excluding carboxylic acids is 2. The first-order valence-electron chi connectivity index (χ1n) is 7.36. The van der Waals surface area contributed by atoms with E-state index in [2.05, 4.69) is 9.64 Å². The minimum absolute atomic E-state index is 0.0466. The lowest BCUT2D eigenvalue weighted by Gasteiger charge is -2.36. The van der Waals surface area contributed by atoms with Crippen molar-refractivity contribution < 1.29 is 19.1 Å². The first-order chi connectivity index (χ1) is 9.70. The maximum Gasteiger partial charge on any atom is 0.306 e. The SMILES string of the molecule is COC(=O)CCN1CCN(C(=O)C2CCCOC2)CC1. The van der Waals surface area contributed by atoms with Gasteiger partial charge in [-0.3, -0.25) is 14.5 Å². The third-order valence-corrected chi connectivity index (χ3v) is 4.05. The van der Waals surface area contributed by atoms with Gasteiger partial charge in [0, 0.05) is 39.3 Å². The van der Waals surface area contributed by atoms with Crippen LogP contribution in [-0.2, 0) is 19.1 Å². The third-order valence-electron chi connectivity index (χ3n) is 4.05. The molecule has 1 unspecified atom stereocenters. The number of amides is 1. The molecular weight excluding hydrogens is 260 g/mol. The zero-order valence-electron chi connectivity index (χ0n) is 12.2. The largest absolute Gasteiger partial charge is 0.469 e. The molecule has 0 radical (unpaired) electrons. The van der Waals surface area contributed by atoms with Crippen LogP contribution < -0.4 is 0 Å². The van der Waals surface area contributed by atoms with Crippen molar-refractivity contribution >= 4 is 11.9 Å². The average Bonchev–Trinajstić information content (AvgIpc) is 2.53. The number of esters is 1. The van der Waals surface area contributed by atoms with E-state index in [1.165, 1.54) is 7.11 Å². The van der Waals surface area contributed by atoms with Gasteiger partial charge in [-0.05, 0) is 12.8 Å². The fourth-order valence-electron chi connectivity index (χ4n) is 2.74. The van der Waals surface area contributed by atoms with Gasteiger partial charge in [0.05, 0.1) is 26.1 Å². The first kappa shape index (κ1) is 15.3. The molecule has 20 heavy (non-hydrogen) atoms. The van der Waals surface area contributed by atoms with Crippen molar-refractivity contribution in [2.45, 2.75) is 19.3 Å². The molecule has 0 aromatic heterocycles. The third kappa shape index (κ3) is 4.18. The molecule has 6 nitrogen and oxygen atoms in total. The first-order valence-corrected chi connectivity index (χ1v) is 7.36. The standard InChI is InChI=1S/C14H24N2O4/c1-19-13(17)4-5-15-6-8-16(9-7-15)14(18)12-3-2-10-20-11-12/h12H,2-11H2,1H3. The summed E-state index contributed by atoms with van der Waals surface area (Å²) in [6.07, 6.45) is 2.35. The number of hydrogen-bond donors (Lipinski definition) is 0. The lowest BCUT2D eigenvalue weighted by Crippen LogP contribution is -2.51. The number of nitrogens with zero attached hydrogens (tertiary/aromatic N) is 2. The summed E-state index contributed by atoms with van der Waals surface area (Å²) in [5, 5.41) is 0. The molecule has 0 spiro atoms. The molecule has 1 atom stereocenters. The lowest BCUT2D eigenvalue weighted by molar-refractivity contribution is -0.143. The molecule has 2 aliphatic heterocycles. The number of methoxy groups -OCH3 is 1. The second-order valence-corrected chi connectivity index (χ2v) is 5.41. The van der Waals surface area contributed by atoms with Crippen LogP contribution in [0.15, 0.2) is 0 Å². The van der Waals surface area contributed by atoms with Crippen LogP contribution in [0.4, 0.5) is 0 Å². The van der Waals surface area contributed by atoms with Crippen LogP contribution in [0.3, 0.4) is 0 Å². The minimum Gasteiger partial charge on any atom is -0.469 e. The van der Waals surface area contributed by atoms with Crippen LogP contribution in [0.2, 0.25) is 0 Å². The Kier molecular flexibility index (Phi) is 5.79. The Morgan fingerprint density at radius 3 is 2.60 bits per heavy atom. The summed E-state index contributed by atoms with van der Waals surface area (Å²) in [5.41, 5.74) is 0. The number of piperazine rings is 1. The summed E-state index contributed by atoms with van der Waals surface area (Å²) in [6, 6.07) is 0. The summed E-state index contributed by atoms with van der Waals surface area (Å²) in [7, 11) is 1.41. The van der Waals surface area contributed by atoms with E-state index in [9.17, 15) is 9.59 Å². The van der Waals surface area contributed by atoms with Gasteiger partial charge in [-0.15, -0.1) is 0 Å². The summed E-state index contributed by atoms with van der Waals surface area (Å²) in [4.78, 5) is 27.6. The monoisotopic (exact) mass is 284 g/mol. The number of rotatable bonds is 4. The van der Waals surface area contributed by atoms with Crippen molar-refractivity contribution in [3.05, 3.63) is 0 Å². The van der Waals surface area contributed by atoms with Crippen molar-refractivity contribution in [1.29, 1.82) is 0 Å². The van der Waals surface area contributed by atoms with Crippen molar-refractivity contribution in [2.75, 3.05) is 53.0 Å². The van der Waals surface area contributed by atoms with Gasteiger partial charge in [0.2, 0.25) is 5.91 Å². The molecule has 2 saturated heterocycles. The van der Waals surface area contributed by atoms with Crippen LogP contribution in [0.5, 0.6) is 0 Å². The molecule has 0 N–H and O–H groups in total. The van der Waals surface area contributed by atoms with Gasteiger partial charge in [0.15, 0.2) is 0 Å². The van der Waals surface area contributed by atoms with E-state index in [0.29, 0.717) is 19.6 Å². The lowest BCUT2D eigenvalue weighted by atomic mass is 10.0. The van der Waals surface area contributed by atoms with Crippen molar-refractivity contribution in [3.8, 4) is 0 Å². The highest BCUT2D eigenvalue weighted by Crippen LogP contribution is 2.17.